The average molecular weight is 329 g/mol. The van der Waals surface area contributed by atoms with E-state index in [9.17, 15) is 4.79 Å². The zero-order valence-corrected chi connectivity index (χ0v) is 12.3. The molecule has 0 fully saturated rings. The number of benzene rings is 1. The molecule has 0 saturated carbocycles. The highest BCUT2D eigenvalue weighted by Gasteiger charge is 2.21. The first-order valence-electron chi connectivity index (χ1n) is 5.65. The molecule has 2 N–H and O–H groups in total. The summed E-state index contributed by atoms with van der Waals surface area (Å²) in [6, 6.07) is 6.14. The maximum Gasteiger partial charge on any atom is 0.371 e. The highest BCUT2D eigenvalue weighted by molar-refractivity contribution is 6.37. The van der Waals surface area contributed by atoms with Gasteiger partial charge in [0.2, 0.25) is 5.84 Å². The lowest BCUT2D eigenvalue weighted by atomic mass is 10.2. The Labute approximate surface area is 130 Å². The van der Waals surface area contributed by atoms with Crippen LogP contribution in [-0.4, -0.2) is 18.9 Å². The number of nitrogens with two attached hydrogens (primary N) is 1. The van der Waals surface area contributed by atoms with Crippen LogP contribution in [0.3, 0.4) is 0 Å². The second-order valence-corrected chi connectivity index (χ2v) is 4.58. The van der Waals surface area contributed by atoms with Crippen molar-refractivity contribution in [3.8, 4) is 5.75 Å². The standard InChI is InChI=1S/C13H10Cl2N2O4/c1-19-11-8(15)5-4-7(14)10(11)13(18)21-17-12(16)9-3-2-6-20-9/h2-6H,1H3,(H2,16,17). The Balaban J connectivity index is 2.25. The van der Waals surface area contributed by atoms with Gasteiger partial charge in [0.25, 0.3) is 0 Å². The molecule has 110 valence electrons. The van der Waals surface area contributed by atoms with Crippen LogP contribution < -0.4 is 10.5 Å². The summed E-state index contributed by atoms with van der Waals surface area (Å²) < 4.78 is 10.0. The first-order chi connectivity index (χ1) is 10.0. The van der Waals surface area contributed by atoms with Gasteiger partial charge in [0.15, 0.2) is 11.5 Å². The molecular formula is C13H10Cl2N2O4. The molecule has 8 heteroatoms. The lowest BCUT2D eigenvalue weighted by Gasteiger charge is -2.09. The number of oxime groups is 1. The summed E-state index contributed by atoms with van der Waals surface area (Å²) in [5.74, 6) is -0.577. The number of carbonyl (C=O) groups excluding carboxylic acids is 1. The molecule has 0 radical (unpaired) electrons. The number of halogens is 2. The summed E-state index contributed by atoms with van der Waals surface area (Å²) in [4.78, 5) is 16.8. The van der Waals surface area contributed by atoms with Crippen LogP contribution in [0.15, 0.2) is 40.1 Å². The van der Waals surface area contributed by atoms with Gasteiger partial charge in [-0.15, -0.1) is 0 Å². The van der Waals surface area contributed by atoms with Crippen LogP contribution in [0.4, 0.5) is 0 Å². The first-order valence-corrected chi connectivity index (χ1v) is 6.41. The van der Waals surface area contributed by atoms with Gasteiger partial charge in [0.05, 0.1) is 23.4 Å². The van der Waals surface area contributed by atoms with E-state index in [2.05, 4.69) is 5.16 Å². The van der Waals surface area contributed by atoms with Gasteiger partial charge < -0.3 is 19.7 Å². The number of ether oxygens (including phenoxy) is 1. The van der Waals surface area contributed by atoms with Gasteiger partial charge in [0.1, 0.15) is 5.56 Å². The summed E-state index contributed by atoms with van der Waals surface area (Å²) in [7, 11) is 1.36. The number of carbonyl (C=O) groups is 1. The molecule has 6 nitrogen and oxygen atoms in total. The van der Waals surface area contributed by atoms with Crippen molar-refractivity contribution in [1.29, 1.82) is 0 Å². The number of nitrogens with zero attached hydrogens (tertiary/aromatic N) is 1. The number of hydrogen-bond acceptors (Lipinski definition) is 5. The van der Waals surface area contributed by atoms with Crippen molar-refractivity contribution in [3.05, 3.63) is 51.9 Å². The minimum Gasteiger partial charge on any atom is -0.494 e. The maximum absolute atomic E-state index is 12.0. The zero-order chi connectivity index (χ0) is 15.4. The molecule has 0 amide bonds. The van der Waals surface area contributed by atoms with E-state index in [1.54, 1.807) is 12.1 Å². The summed E-state index contributed by atoms with van der Waals surface area (Å²) >= 11 is 11.9. The van der Waals surface area contributed by atoms with Crippen LogP contribution in [-0.2, 0) is 4.84 Å². The SMILES string of the molecule is COc1c(Cl)ccc(Cl)c1C(=O)O/N=C(\N)c1ccco1. The Morgan fingerprint density at radius 2 is 2.00 bits per heavy atom. The van der Waals surface area contributed by atoms with Gasteiger partial charge in [-0.3, -0.25) is 0 Å². The van der Waals surface area contributed by atoms with E-state index in [0.717, 1.165) is 0 Å². The van der Waals surface area contributed by atoms with Crippen molar-refractivity contribution in [2.75, 3.05) is 7.11 Å². The third-order valence-electron chi connectivity index (χ3n) is 2.47. The van der Waals surface area contributed by atoms with Crippen LogP contribution >= 0.6 is 23.2 Å². The topological polar surface area (TPSA) is 87.0 Å². The van der Waals surface area contributed by atoms with E-state index in [-0.39, 0.29) is 33.0 Å². The monoisotopic (exact) mass is 328 g/mol. The molecule has 0 unspecified atom stereocenters. The van der Waals surface area contributed by atoms with Crippen molar-refractivity contribution in [2.45, 2.75) is 0 Å². The fourth-order valence-electron chi connectivity index (χ4n) is 1.53. The van der Waals surface area contributed by atoms with E-state index in [4.69, 9.17) is 42.9 Å². The molecule has 2 aromatic rings. The van der Waals surface area contributed by atoms with E-state index in [1.807, 2.05) is 0 Å². The summed E-state index contributed by atoms with van der Waals surface area (Å²) in [6.07, 6.45) is 1.41. The Kier molecular flexibility index (Phi) is 4.72. The normalized spacial score (nSPS) is 11.3. The predicted octanol–water partition coefficient (Wildman–Crippen LogP) is 3.07. The van der Waals surface area contributed by atoms with Gasteiger partial charge in [-0.1, -0.05) is 28.4 Å². The van der Waals surface area contributed by atoms with E-state index in [1.165, 1.54) is 25.5 Å². The van der Waals surface area contributed by atoms with Gasteiger partial charge in [0, 0.05) is 0 Å². The lowest BCUT2D eigenvalue weighted by Crippen LogP contribution is -2.15. The Hall–Kier alpha value is -2.18. The molecule has 1 aromatic heterocycles. The Bertz CT molecular complexity index is 684. The van der Waals surface area contributed by atoms with Gasteiger partial charge in [-0.2, -0.15) is 0 Å². The van der Waals surface area contributed by atoms with Crippen molar-refractivity contribution in [1.82, 2.24) is 0 Å². The Morgan fingerprint density at radius 1 is 1.29 bits per heavy atom. The van der Waals surface area contributed by atoms with Crippen LogP contribution in [0.1, 0.15) is 16.1 Å². The molecule has 0 bridgehead atoms. The maximum atomic E-state index is 12.0. The second-order valence-electron chi connectivity index (χ2n) is 3.77. The van der Waals surface area contributed by atoms with E-state index in [0.29, 0.717) is 0 Å². The third-order valence-corrected chi connectivity index (χ3v) is 3.08. The minimum absolute atomic E-state index is 0.0392. The minimum atomic E-state index is -0.853. The molecule has 1 heterocycles. The highest BCUT2D eigenvalue weighted by Crippen LogP contribution is 2.34. The molecule has 0 saturated heterocycles. The number of amidine groups is 1. The molecule has 2 rings (SSSR count). The fraction of sp³-hybridized carbons (Fsp3) is 0.0769. The lowest BCUT2D eigenvalue weighted by molar-refractivity contribution is 0.0512. The Morgan fingerprint density at radius 3 is 2.62 bits per heavy atom. The molecule has 1 aromatic carbocycles. The largest absolute Gasteiger partial charge is 0.494 e. The van der Waals surface area contributed by atoms with E-state index >= 15 is 0 Å². The quantitative estimate of drug-likeness (QED) is 0.403. The van der Waals surface area contributed by atoms with Crippen molar-refractivity contribution in [2.24, 2.45) is 10.9 Å². The van der Waals surface area contributed by atoms with Crippen molar-refractivity contribution >= 4 is 35.0 Å². The third kappa shape index (κ3) is 3.29. The van der Waals surface area contributed by atoms with Crippen LogP contribution in [0, 0.1) is 0 Å². The summed E-state index contributed by atoms with van der Waals surface area (Å²) in [5.41, 5.74) is 5.55. The van der Waals surface area contributed by atoms with Gasteiger partial charge >= 0.3 is 5.97 Å². The zero-order valence-electron chi connectivity index (χ0n) is 10.8. The molecule has 0 spiro atoms. The molecule has 0 aliphatic carbocycles. The van der Waals surface area contributed by atoms with Crippen LogP contribution in [0.2, 0.25) is 10.0 Å². The molecule has 0 atom stereocenters. The number of furan rings is 1. The second kappa shape index (κ2) is 6.51. The average Bonchev–Trinajstić information content (AvgIpc) is 3.00. The molecule has 0 aliphatic heterocycles. The fourth-order valence-corrected chi connectivity index (χ4v) is 1.99. The molecule has 0 aliphatic rings. The van der Waals surface area contributed by atoms with Crippen molar-refractivity contribution < 1.29 is 18.8 Å². The van der Waals surface area contributed by atoms with Gasteiger partial charge in [-0.25, -0.2) is 4.79 Å². The van der Waals surface area contributed by atoms with Crippen LogP contribution in [0.5, 0.6) is 5.75 Å². The van der Waals surface area contributed by atoms with Gasteiger partial charge in [-0.05, 0) is 24.3 Å². The predicted molar refractivity (Wildman–Crippen MR) is 77.9 cm³/mol. The first kappa shape index (κ1) is 15.2. The molecule has 21 heavy (non-hydrogen) atoms. The molecular weight excluding hydrogens is 319 g/mol. The number of rotatable bonds is 4. The number of methoxy groups -OCH3 is 1. The van der Waals surface area contributed by atoms with Crippen LogP contribution in [0.25, 0.3) is 0 Å². The van der Waals surface area contributed by atoms with E-state index < -0.39 is 5.97 Å². The van der Waals surface area contributed by atoms with Crippen molar-refractivity contribution in [3.63, 3.8) is 0 Å². The smallest absolute Gasteiger partial charge is 0.371 e. The number of hydrogen-bond donors (Lipinski definition) is 1. The summed E-state index contributed by atoms with van der Waals surface area (Å²) in [5, 5.41) is 3.82. The summed E-state index contributed by atoms with van der Waals surface area (Å²) in [6.45, 7) is 0. The highest BCUT2D eigenvalue weighted by atomic mass is 35.5.